The molecule has 0 aliphatic carbocycles. The van der Waals surface area contributed by atoms with Crippen LogP contribution in [-0.2, 0) is 10.2 Å². The van der Waals surface area contributed by atoms with Crippen LogP contribution in [0, 0.1) is 10.1 Å². The first-order chi connectivity index (χ1) is 12.8. The Bertz CT molecular complexity index is 804. The second kappa shape index (κ2) is 8.98. The van der Waals surface area contributed by atoms with Crippen molar-refractivity contribution in [3.8, 4) is 5.75 Å². The summed E-state index contributed by atoms with van der Waals surface area (Å²) in [6.45, 7) is 7.21. The van der Waals surface area contributed by atoms with Crippen LogP contribution in [0.1, 0.15) is 31.9 Å². The number of nitrogens with one attached hydrogen (secondary N) is 1. The van der Waals surface area contributed by atoms with Gasteiger partial charge in [0.05, 0.1) is 11.5 Å². The molecule has 0 aliphatic heterocycles. The summed E-state index contributed by atoms with van der Waals surface area (Å²) in [5.74, 6) is 0.513. The highest BCUT2D eigenvalue weighted by Crippen LogP contribution is 2.24. The van der Waals surface area contributed by atoms with Gasteiger partial charge in [-0.05, 0) is 46.9 Å². The smallest absolute Gasteiger partial charge is 0.269 e. The van der Waals surface area contributed by atoms with Crippen LogP contribution in [-0.4, -0.2) is 24.0 Å². The van der Waals surface area contributed by atoms with E-state index in [4.69, 9.17) is 4.74 Å². The highest BCUT2D eigenvalue weighted by molar-refractivity contribution is 5.91. The lowest BCUT2D eigenvalue weighted by atomic mass is 9.87. The fourth-order valence-electron chi connectivity index (χ4n) is 2.33. The van der Waals surface area contributed by atoms with Gasteiger partial charge >= 0.3 is 0 Å². The van der Waals surface area contributed by atoms with Crippen LogP contribution in [0.3, 0.4) is 0 Å². The van der Waals surface area contributed by atoms with Crippen LogP contribution in [0.25, 0.3) is 6.08 Å². The summed E-state index contributed by atoms with van der Waals surface area (Å²) in [5.41, 5.74) is 2.07. The van der Waals surface area contributed by atoms with Gasteiger partial charge < -0.3 is 10.1 Å². The predicted octanol–water partition coefficient (Wildman–Crippen LogP) is 4.10. The number of hydrogen-bond donors (Lipinski definition) is 1. The Morgan fingerprint density at radius 3 is 2.30 bits per heavy atom. The van der Waals surface area contributed by atoms with E-state index in [2.05, 4.69) is 26.1 Å². The molecule has 0 bridgehead atoms. The highest BCUT2D eigenvalue weighted by Gasteiger charge is 2.12. The average Bonchev–Trinajstić information content (AvgIpc) is 2.63. The molecule has 27 heavy (non-hydrogen) atoms. The van der Waals surface area contributed by atoms with Gasteiger partial charge in [-0.15, -0.1) is 0 Å². The third-order valence-corrected chi connectivity index (χ3v) is 3.92. The monoisotopic (exact) mass is 368 g/mol. The Hall–Kier alpha value is -3.15. The average molecular weight is 368 g/mol. The minimum atomic E-state index is -0.461. The Labute approximate surface area is 159 Å². The molecule has 0 saturated carbocycles. The van der Waals surface area contributed by atoms with Gasteiger partial charge in [-0.25, -0.2) is 0 Å². The molecule has 0 aliphatic rings. The second-order valence-corrected chi connectivity index (χ2v) is 7.10. The zero-order valence-corrected chi connectivity index (χ0v) is 15.8. The molecule has 1 amide bonds. The molecule has 0 saturated heterocycles. The maximum atomic E-state index is 11.8. The maximum absolute atomic E-state index is 11.8. The van der Waals surface area contributed by atoms with Gasteiger partial charge in [-0.3, -0.25) is 14.9 Å². The van der Waals surface area contributed by atoms with E-state index in [9.17, 15) is 14.9 Å². The summed E-state index contributed by atoms with van der Waals surface area (Å²) in [4.78, 5) is 21.9. The number of nitro benzene ring substituents is 1. The molecule has 0 radical (unpaired) electrons. The van der Waals surface area contributed by atoms with Crippen molar-refractivity contribution in [3.63, 3.8) is 0 Å². The van der Waals surface area contributed by atoms with Crippen molar-refractivity contribution in [2.75, 3.05) is 13.2 Å². The molecule has 0 fully saturated rings. The first kappa shape index (κ1) is 20.2. The summed E-state index contributed by atoms with van der Waals surface area (Å²) < 4.78 is 5.62. The van der Waals surface area contributed by atoms with Crippen LogP contribution in [0.15, 0.2) is 54.6 Å². The standard InChI is InChI=1S/C21H24N2O4/c1-21(2,3)17-7-11-19(12-8-17)27-15-14-22-20(24)13-6-16-4-9-18(10-5-16)23(25)26/h4-13H,14-15H2,1-3H3,(H,22,24)/b13-6+. The number of ether oxygens (including phenoxy) is 1. The molecule has 0 spiro atoms. The SMILES string of the molecule is CC(C)(C)c1ccc(OCCNC(=O)/C=C/c2ccc([N+](=O)[O-])cc2)cc1. The Kier molecular flexibility index (Phi) is 6.71. The molecule has 2 aromatic carbocycles. The van der Waals surface area contributed by atoms with Crippen molar-refractivity contribution in [1.29, 1.82) is 0 Å². The lowest BCUT2D eigenvalue weighted by molar-refractivity contribution is -0.384. The van der Waals surface area contributed by atoms with E-state index in [1.807, 2.05) is 24.3 Å². The van der Waals surface area contributed by atoms with Gasteiger partial charge in [0.1, 0.15) is 12.4 Å². The number of hydrogen-bond acceptors (Lipinski definition) is 4. The third kappa shape index (κ3) is 6.58. The van der Waals surface area contributed by atoms with Crippen molar-refractivity contribution < 1.29 is 14.5 Å². The van der Waals surface area contributed by atoms with Gasteiger partial charge in [-0.2, -0.15) is 0 Å². The van der Waals surface area contributed by atoms with Crippen molar-refractivity contribution in [1.82, 2.24) is 5.32 Å². The highest BCUT2D eigenvalue weighted by atomic mass is 16.6. The van der Waals surface area contributed by atoms with E-state index in [1.165, 1.54) is 23.8 Å². The number of carbonyl (C=O) groups excluding carboxylic acids is 1. The van der Waals surface area contributed by atoms with Crippen LogP contribution in [0.5, 0.6) is 5.75 Å². The molecule has 6 nitrogen and oxygen atoms in total. The van der Waals surface area contributed by atoms with Gasteiger partial charge in [0.2, 0.25) is 5.91 Å². The van der Waals surface area contributed by atoms with Gasteiger partial charge in [0, 0.05) is 18.2 Å². The summed E-state index contributed by atoms with van der Waals surface area (Å²) in [7, 11) is 0. The number of amides is 1. The topological polar surface area (TPSA) is 81.5 Å². The first-order valence-corrected chi connectivity index (χ1v) is 8.69. The van der Waals surface area contributed by atoms with Gasteiger partial charge in [0.25, 0.3) is 5.69 Å². The molecule has 142 valence electrons. The minimum absolute atomic E-state index is 0.0179. The van der Waals surface area contributed by atoms with Crippen molar-refractivity contribution >= 4 is 17.7 Å². The Balaban J connectivity index is 1.73. The van der Waals surface area contributed by atoms with E-state index < -0.39 is 4.92 Å². The molecule has 6 heteroatoms. The lowest BCUT2D eigenvalue weighted by Gasteiger charge is -2.19. The number of rotatable bonds is 7. The van der Waals surface area contributed by atoms with Crippen molar-refractivity contribution in [2.45, 2.75) is 26.2 Å². The predicted molar refractivity (Wildman–Crippen MR) is 106 cm³/mol. The molecule has 2 rings (SSSR count). The fourth-order valence-corrected chi connectivity index (χ4v) is 2.33. The quantitative estimate of drug-likeness (QED) is 0.345. The van der Waals surface area contributed by atoms with Crippen LogP contribution in [0.2, 0.25) is 0 Å². The first-order valence-electron chi connectivity index (χ1n) is 8.69. The molecule has 0 aromatic heterocycles. The fraction of sp³-hybridized carbons (Fsp3) is 0.286. The molecule has 0 heterocycles. The van der Waals surface area contributed by atoms with Crippen LogP contribution >= 0.6 is 0 Å². The van der Waals surface area contributed by atoms with E-state index >= 15 is 0 Å². The molecule has 0 atom stereocenters. The lowest BCUT2D eigenvalue weighted by Crippen LogP contribution is -2.26. The zero-order chi connectivity index (χ0) is 19.9. The van der Waals surface area contributed by atoms with E-state index in [-0.39, 0.29) is 17.0 Å². The van der Waals surface area contributed by atoms with Gasteiger partial charge in [-0.1, -0.05) is 32.9 Å². The van der Waals surface area contributed by atoms with E-state index in [0.717, 1.165) is 5.75 Å². The molecular formula is C21H24N2O4. The number of carbonyl (C=O) groups is 1. The van der Waals surface area contributed by atoms with Crippen molar-refractivity contribution in [3.05, 3.63) is 75.8 Å². The maximum Gasteiger partial charge on any atom is 0.269 e. The summed E-state index contributed by atoms with van der Waals surface area (Å²) >= 11 is 0. The van der Waals surface area contributed by atoms with E-state index in [1.54, 1.807) is 18.2 Å². The molecule has 1 N–H and O–H groups in total. The van der Waals surface area contributed by atoms with E-state index in [0.29, 0.717) is 18.7 Å². The van der Waals surface area contributed by atoms with Crippen molar-refractivity contribution in [2.24, 2.45) is 0 Å². The third-order valence-electron chi connectivity index (χ3n) is 3.92. The number of benzene rings is 2. The van der Waals surface area contributed by atoms with Crippen LogP contribution in [0.4, 0.5) is 5.69 Å². The Morgan fingerprint density at radius 2 is 1.74 bits per heavy atom. The van der Waals surface area contributed by atoms with Gasteiger partial charge in [0.15, 0.2) is 0 Å². The second-order valence-electron chi connectivity index (χ2n) is 7.10. The molecule has 2 aromatic rings. The largest absolute Gasteiger partial charge is 0.492 e. The number of nitro groups is 1. The minimum Gasteiger partial charge on any atom is -0.492 e. The summed E-state index contributed by atoms with van der Waals surface area (Å²) in [6.07, 6.45) is 2.99. The Morgan fingerprint density at radius 1 is 1.11 bits per heavy atom. The normalized spacial score (nSPS) is 11.4. The molecular weight excluding hydrogens is 344 g/mol. The summed E-state index contributed by atoms with van der Waals surface area (Å²) in [6, 6.07) is 13.9. The zero-order valence-electron chi connectivity index (χ0n) is 15.8. The molecule has 0 unspecified atom stereocenters. The summed E-state index contributed by atoms with van der Waals surface area (Å²) in [5, 5.41) is 13.3. The number of non-ortho nitro benzene ring substituents is 1. The van der Waals surface area contributed by atoms with Crippen LogP contribution < -0.4 is 10.1 Å². The number of nitrogens with zero attached hydrogens (tertiary/aromatic N) is 1.